The lowest BCUT2D eigenvalue weighted by atomic mass is 9.98. The van der Waals surface area contributed by atoms with Crippen molar-refractivity contribution in [3.05, 3.63) is 111 Å². The molecule has 0 saturated heterocycles. The number of H-pyrrole nitrogens is 1. The highest BCUT2D eigenvalue weighted by Crippen LogP contribution is 2.21. The Hall–Kier alpha value is -3.99. The number of amides is 1. The summed E-state index contributed by atoms with van der Waals surface area (Å²) in [5, 5.41) is 3.73. The third-order valence-electron chi connectivity index (χ3n) is 4.76. The van der Waals surface area contributed by atoms with Gasteiger partial charge in [0.15, 0.2) is 5.78 Å². The van der Waals surface area contributed by atoms with Gasteiger partial charge in [-0.25, -0.2) is 0 Å². The fourth-order valence-corrected chi connectivity index (χ4v) is 3.34. The summed E-state index contributed by atoms with van der Waals surface area (Å²) >= 11 is 0. The van der Waals surface area contributed by atoms with E-state index in [1.165, 1.54) is 6.07 Å². The summed E-state index contributed by atoms with van der Waals surface area (Å²) in [4.78, 5) is 40.3. The van der Waals surface area contributed by atoms with E-state index < -0.39 is 0 Å². The first kappa shape index (κ1) is 18.4. The van der Waals surface area contributed by atoms with Gasteiger partial charge in [-0.05, 0) is 30.7 Å². The molecule has 0 fully saturated rings. The van der Waals surface area contributed by atoms with Crippen molar-refractivity contribution in [1.82, 2.24) is 4.98 Å². The third kappa shape index (κ3) is 3.71. The average Bonchev–Trinajstić information content (AvgIpc) is 2.73. The number of fused-ring (bicyclic) bond motifs is 1. The van der Waals surface area contributed by atoms with E-state index in [2.05, 4.69) is 10.3 Å². The Kier molecular flexibility index (Phi) is 4.79. The van der Waals surface area contributed by atoms with Crippen LogP contribution < -0.4 is 10.9 Å². The van der Waals surface area contributed by atoms with Crippen LogP contribution in [0.1, 0.15) is 31.8 Å². The van der Waals surface area contributed by atoms with Gasteiger partial charge in [-0.1, -0.05) is 54.6 Å². The standard InChI is InChI=1S/C24H18N2O3/c1-15-13-22(27)26-21-14-17(11-12-18(15)21)25-24(29)20-10-6-5-9-19(20)23(28)16-7-3-2-4-8-16/h2-14H,1H3,(H,25,29)(H,26,27). The summed E-state index contributed by atoms with van der Waals surface area (Å²) in [5.74, 6) is -0.603. The fourth-order valence-electron chi connectivity index (χ4n) is 3.34. The number of rotatable bonds is 4. The lowest BCUT2D eigenvalue weighted by molar-refractivity contribution is 0.0996. The Labute approximate surface area is 167 Å². The molecule has 1 amide bonds. The predicted octanol–water partition coefficient (Wildman–Crippen LogP) is 4.32. The molecule has 0 bridgehead atoms. The first-order valence-electron chi connectivity index (χ1n) is 9.17. The van der Waals surface area contributed by atoms with Crippen molar-refractivity contribution in [3.8, 4) is 0 Å². The molecule has 0 radical (unpaired) electrons. The van der Waals surface area contributed by atoms with Crippen LogP contribution in [-0.2, 0) is 0 Å². The first-order chi connectivity index (χ1) is 14.0. The Balaban J connectivity index is 1.67. The van der Waals surface area contributed by atoms with Gasteiger partial charge in [0.2, 0.25) is 5.56 Å². The van der Waals surface area contributed by atoms with Crippen molar-refractivity contribution in [2.75, 3.05) is 5.32 Å². The maximum Gasteiger partial charge on any atom is 0.256 e. The van der Waals surface area contributed by atoms with Crippen LogP contribution >= 0.6 is 0 Å². The normalized spacial score (nSPS) is 10.7. The van der Waals surface area contributed by atoms with Gasteiger partial charge >= 0.3 is 0 Å². The molecule has 2 N–H and O–H groups in total. The monoisotopic (exact) mass is 382 g/mol. The molecule has 5 nitrogen and oxygen atoms in total. The van der Waals surface area contributed by atoms with Crippen molar-refractivity contribution in [1.29, 1.82) is 0 Å². The molecule has 1 heterocycles. The predicted molar refractivity (Wildman–Crippen MR) is 114 cm³/mol. The van der Waals surface area contributed by atoms with E-state index in [0.717, 1.165) is 10.9 Å². The van der Waals surface area contributed by atoms with Crippen LogP contribution in [0.4, 0.5) is 5.69 Å². The second-order valence-corrected chi connectivity index (χ2v) is 6.77. The van der Waals surface area contributed by atoms with Crippen molar-refractivity contribution >= 4 is 28.3 Å². The molecule has 142 valence electrons. The zero-order valence-electron chi connectivity index (χ0n) is 15.7. The highest BCUT2D eigenvalue weighted by atomic mass is 16.2. The lowest BCUT2D eigenvalue weighted by Crippen LogP contribution is -2.17. The van der Waals surface area contributed by atoms with Crippen molar-refractivity contribution < 1.29 is 9.59 Å². The molecule has 0 unspecified atom stereocenters. The SMILES string of the molecule is Cc1cc(=O)[nH]c2cc(NC(=O)c3ccccc3C(=O)c3ccccc3)ccc12. The molecule has 0 spiro atoms. The van der Waals surface area contributed by atoms with Gasteiger partial charge in [0.05, 0.1) is 11.1 Å². The van der Waals surface area contributed by atoms with Crippen LogP contribution in [0.3, 0.4) is 0 Å². The minimum Gasteiger partial charge on any atom is -0.322 e. The zero-order valence-corrected chi connectivity index (χ0v) is 15.7. The van der Waals surface area contributed by atoms with E-state index in [9.17, 15) is 14.4 Å². The summed E-state index contributed by atoms with van der Waals surface area (Å²) in [6.07, 6.45) is 0. The number of carbonyl (C=O) groups is 2. The van der Waals surface area contributed by atoms with E-state index in [0.29, 0.717) is 27.9 Å². The molecule has 1 aromatic heterocycles. The maximum atomic E-state index is 12.9. The van der Waals surface area contributed by atoms with E-state index >= 15 is 0 Å². The molecule has 0 aliphatic heterocycles. The van der Waals surface area contributed by atoms with Crippen molar-refractivity contribution in [2.45, 2.75) is 6.92 Å². The maximum absolute atomic E-state index is 12.9. The molecule has 3 aromatic carbocycles. The van der Waals surface area contributed by atoms with E-state index in [1.807, 2.05) is 19.1 Å². The van der Waals surface area contributed by atoms with Gasteiger partial charge in [-0.15, -0.1) is 0 Å². The fraction of sp³-hybridized carbons (Fsp3) is 0.0417. The second-order valence-electron chi connectivity index (χ2n) is 6.77. The van der Waals surface area contributed by atoms with Crippen LogP contribution in [-0.4, -0.2) is 16.7 Å². The number of hydrogen-bond acceptors (Lipinski definition) is 3. The summed E-state index contributed by atoms with van der Waals surface area (Å²) in [6, 6.07) is 22.4. The smallest absolute Gasteiger partial charge is 0.256 e. The second kappa shape index (κ2) is 7.56. The summed E-state index contributed by atoms with van der Waals surface area (Å²) in [5.41, 5.74) is 2.98. The minimum atomic E-state index is -0.390. The number of aromatic amines is 1. The highest BCUT2D eigenvalue weighted by molar-refractivity contribution is 6.17. The van der Waals surface area contributed by atoms with Crippen LogP contribution in [0, 0.1) is 6.92 Å². The van der Waals surface area contributed by atoms with E-state index in [4.69, 9.17) is 0 Å². The number of pyridine rings is 1. The zero-order chi connectivity index (χ0) is 20.4. The number of anilines is 1. The Morgan fingerprint density at radius 2 is 1.52 bits per heavy atom. The largest absolute Gasteiger partial charge is 0.322 e. The summed E-state index contributed by atoms with van der Waals surface area (Å²) in [7, 11) is 0. The average molecular weight is 382 g/mol. The molecule has 4 aromatic rings. The van der Waals surface area contributed by atoms with Crippen LogP contribution in [0.25, 0.3) is 10.9 Å². The number of benzene rings is 3. The van der Waals surface area contributed by atoms with Gasteiger partial charge in [-0.3, -0.25) is 14.4 Å². The van der Waals surface area contributed by atoms with Crippen LogP contribution in [0.2, 0.25) is 0 Å². The lowest BCUT2D eigenvalue weighted by Gasteiger charge is -2.11. The minimum absolute atomic E-state index is 0.197. The Bertz CT molecular complexity index is 1290. The Morgan fingerprint density at radius 1 is 0.828 bits per heavy atom. The molecule has 0 saturated carbocycles. The third-order valence-corrected chi connectivity index (χ3v) is 4.76. The topological polar surface area (TPSA) is 79.0 Å². The van der Waals surface area contributed by atoms with Gasteiger partial charge in [0.25, 0.3) is 5.91 Å². The molecule has 0 aliphatic rings. The van der Waals surface area contributed by atoms with Crippen molar-refractivity contribution in [3.63, 3.8) is 0 Å². The van der Waals surface area contributed by atoms with Crippen LogP contribution in [0.5, 0.6) is 0 Å². The van der Waals surface area contributed by atoms with E-state index in [1.54, 1.807) is 60.7 Å². The molecule has 4 rings (SSSR count). The molecule has 29 heavy (non-hydrogen) atoms. The Morgan fingerprint density at radius 3 is 2.28 bits per heavy atom. The summed E-state index contributed by atoms with van der Waals surface area (Å²) < 4.78 is 0. The molecule has 0 aliphatic carbocycles. The number of carbonyl (C=O) groups excluding carboxylic acids is 2. The van der Waals surface area contributed by atoms with Gasteiger partial charge in [0.1, 0.15) is 0 Å². The molecular formula is C24H18N2O3. The number of nitrogens with one attached hydrogen (secondary N) is 2. The van der Waals surface area contributed by atoms with Crippen molar-refractivity contribution in [2.24, 2.45) is 0 Å². The van der Waals surface area contributed by atoms with E-state index in [-0.39, 0.29) is 17.2 Å². The first-order valence-corrected chi connectivity index (χ1v) is 9.17. The number of aryl methyl sites for hydroxylation is 1. The highest BCUT2D eigenvalue weighted by Gasteiger charge is 2.18. The molecule has 5 heteroatoms. The number of hydrogen-bond donors (Lipinski definition) is 2. The van der Waals surface area contributed by atoms with Crippen LogP contribution in [0.15, 0.2) is 83.7 Å². The molecular weight excluding hydrogens is 364 g/mol. The molecule has 0 atom stereocenters. The van der Waals surface area contributed by atoms with Gasteiger partial charge in [0, 0.05) is 28.3 Å². The number of aromatic nitrogens is 1. The quantitative estimate of drug-likeness (QED) is 0.516. The van der Waals surface area contributed by atoms with Gasteiger partial charge in [-0.2, -0.15) is 0 Å². The summed E-state index contributed by atoms with van der Waals surface area (Å²) in [6.45, 7) is 1.86. The van der Waals surface area contributed by atoms with Gasteiger partial charge < -0.3 is 10.3 Å². The number of ketones is 1.